The maximum absolute atomic E-state index is 12.7. The molecule has 0 saturated heterocycles. The number of nitrogens with zero attached hydrogens (tertiary/aromatic N) is 1. The van der Waals surface area contributed by atoms with Crippen molar-refractivity contribution in [3.05, 3.63) is 83.7 Å². The zero-order chi connectivity index (χ0) is 21.3. The van der Waals surface area contributed by atoms with Crippen molar-refractivity contribution in [2.75, 3.05) is 7.11 Å². The average molecular weight is 402 g/mol. The predicted octanol–water partition coefficient (Wildman–Crippen LogP) is 4.60. The van der Waals surface area contributed by atoms with Crippen molar-refractivity contribution < 1.29 is 14.3 Å². The topological polar surface area (TPSA) is 68.3 Å². The van der Waals surface area contributed by atoms with Gasteiger partial charge in [-0.1, -0.05) is 43.3 Å². The molecule has 1 aromatic heterocycles. The third kappa shape index (κ3) is 5.54. The lowest BCUT2D eigenvalue weighted by molar-refractivity contribution is -0.121. The normalized spacial score (nSPS) is 10.5. The Morgan fingerprint density at radius 1 is 1.00 bits per heavy atom. The van der Waals surface area contributed by atoms with Crippen LogP contribution in [0.1, 0.15) is 41.3 Å². The van der Waals surface area contributed by atoms with Gasteiger partial charge in [0.2, 0.25) is 5.91 Å². The average Bonchev–Trinajstić information content (AvgIpc) is 2.81. The van der Waals surface area contributed by atoms with Crippen molar-refractivity contribution >= 4 is 11.7 Å². The Labute approximate surface area is 177 Å². The Hall–Kier alpha value is -3.47. The number of pyridine rings is 1. The first kappa shape index (κ1) is 21.2. The molecule has 3 aromatic rings. The number of ether oxygens (including phenoxy) is 1. The van der Waals surface area contributed by atoms with E-state index in [0.717, 1.165) is 34.4 Å². The minimum Gasteiger partial charge on any atom is -0.497 e. The molecule has 1 N–H and O–H groups in total. The van der Waals surface area contributed by atoms with Crippen molar-refractivity contribution in [1.82, 2.24) is 10.3 Å². The van der Waals surface area contributed by atoms with Crippen LogP contribution in [0.3, 0.4) is 0 Å². The van der Waals surface area contributed by atoms with Crippen LogP contribution in [0.15, 0.2) is 67.0 Å². The minimum atomic E-state index is -0.139. The van der Waals surface area contributed by atoms with E-state index in [1.165, 1.54) is 0 Å². The standard InChI is InChI=1S/C25H26N2O3/c1-3-19-15-21(20-6-9-22(30-2)10-7-20)8-11-23(19)24(28)12-13-25(29)27-17-18-5-4-14-26-16-18/h4-11,14-16H,3,12-13,17H2,1-2H3,(H,27,29). The van der Waals surface area contributed by atoms with E-state index in [1.54, 1.807) is 19.5 Å². The van der Waals surface area contributed by atoms with Crippen LogP contribution in [0.2, 0.25) is 0 Å². The molecule has 5 nitrogen and oxygen atoms in total. The molecule has 154 valence electrons. The summed E-state index contributed by atoms with van der Waals surface area (Å²) < 4.78 is 5.21. The fourth-order valence-electron chi connectivity index (χ4n) is 3.27. The largest absolute Gasteiger partial charge is 0.497 e. The van der Waals surface area contributed by atoms with E-state index in [2.05, 4.69) is 16.4 Å². The second-order valence-corrected chi connectivity index (χ2v) is 7.02. The second kappa shape index (κ2) is 10.3. The van der Waals surface area contributed by atoms with Crippen molar-refractivity contribution in [3.8, 4) is 16.9 Å². The number of hydrogen-bond donors (Lipinski definition) is 1. The Morgan fingerprint density at radius 3 is 2.43 bits per heavy atom. The summed E-state index contributed by atoms with van der Waals surface area (Å²) in [5.74, 6) is 0.660. The minimum absolute atomic E-state index is 0.00958. The molecule has 0 saturated carbocycles. The SMILES string of the molecule is CCc1cc(-c2ccc(OC)cc2)ccc1C(=O)CCC(=O)NCc1cccnc1. The van der Waals surface area contributed by atoms with Gasteiger partial charge in [-0.3, -0.25) is 14.6 Å². The van der Waals surface area contributed by atoms with E-state index in [1.807, 2.05) is 55.5 Å². The summed E-state index contributed by atoms with van der Waals surface area (Å²) in [6.07, 6.45) is 4.51. The fourth-order valence-corrected chi connectivity index (χ4v) is 3.27. The van der Waals surface area contributed by atoms with Gasteiger partial charge in [-0.2, -0.15) is 0 Å². The van der Waals surface area contributed by atoms with Crippen molar-refractivity contribution in [2.24, 2.45) is 0 Å². The number of aromatic nitrogens is 1. The summed E-state index contributed by atoms with van der Waals surface area (Å²) >= 11 is 0. The molecule has 1 heterocycles. The maximum Gasteiger partial charge on any atom is 0.220 e. The third-order valence-electron chi connectivity index (χ3n) is 5.00. The second-order valence-electron chi connectivity index (χ2n) is 7.02. The molecule has 0 spiro atoms. The number of Topliss-reactive ketones (excluding diaryl/α,β-unsaturated/α-hetero) is 1. The van der Waals surface area contributed by atoms with E-state index in [9.17, 15) is 9.59 Å². The van der Waals surface area contributed by atoms with Gasteiger partial charge < -0.3 is 10.1 Å². The number of nitrogens with one attached hydrogen (secondary N) is 1. The molecule has 0 atom stereocenters. The van der Waals surface area contributed by atoms with Crippen LogP contribution in [-0.4, -0.2) is 23.8 Å². The quantitative estimate of drug-likeness (QED) is 0.531. The Kier molecular flexibility index (Phi) is 7.33. The molecule has 30 heavy (non-hydrogen) atoms. The molecular weight excluding hydrogens is 376 g/mol. The van der Waals surface area contributed by atoms with Gasteiger partial charge in [0, 0.05) is 37.3 Å². The molecule has 0 bridgehead atoms. The van der Waals surface area contributed by atoms with Gasteiger partial charge in [0.15, 0.2) is 5.78 Å². The smallest absolute Gasteiger partial charge is 0.220 e. The molecule has 0 aliphatic carbocycles. The molecule has 3 rings (SSSR count). The summed E-state index contributed by atoms with van der Waals surface area (Å²) in [5, 5.41) is 2.83. The maximum atomic E-state index is 12.7. The van der Waals surface area contributed by atoms with Gasteiger partial charge in [0.25, 0.3) is 0 Å². The van der Waals surface area contributed by atoms with Crippen LogP contribution in [0.25, 0.3) is 11.1 Å². The monoisotopic (exact) mass is 402 g/mol. The lowest BCUT2D eigenvalue weighted by Gasteiger charge is -2.11. The molecule has 0 aliphatic heterocycles. The van der Waals surface area contributed by atoms with Crippen LogP contribution >= 0.6 is 0 Å². The zero-order valence-electron chi connectivity index (χ0n) is 17.4. The Bertz CT molecular complexity index is 999. The number of aryl methyl sites for hydroxylation is 1. The first-order valence-electron chi connectivity index (χ1n) is 10.1. The summed E-state index contributed by atoms with van der Waals surface area (Å²) in [6, 6.07) is 17.4. The number of methoxy groups -OCH3 is 1. The molecular formula is C25H26N2O3. The molecule has 1 amide bonds. The van der Waals surface area contributed by atoms with Gasteiger partial charge in [-0.15, -0.1) is 0 Å². The zero-order valence-corrected chi connectivity index (χ0v) is 17.4. The van der Waals surface area contributed by atoms with Crippen molar-refractivity contribution in [1.29, 1.82) is 0 Å². The number of amides is 1. The van der Waals surface area contributed by atoms with Crippen molar-refractivity contribution in [3.63, 3.8) is 0 Å². The van der Waals surface area contributed by atoms with Crippen LogP contribution in [0.4, 0.5) is 0 Å². The molecule has 0 unspecified atom stereocenters. The highest BCUT2D eigenvalue weighted by molar-refractivity contribution is 5.99. The lowest BCUT2D eigenvalue weighted by atomic mass is 9.94. The van der Waals surface area contributed by atoms with Gasteiger partial charge >= 0.3 is 0 Å². The Balaban J connectivity index is 1.61. The molecule has 0 fully saturated rings. The number of ketones is 1. The van der Waals surface area contributed by atoms with E-state index in [4.69, 9.17) is 4.74 Å². The first-order valence-corrected chi connectivity index (χ1v) is 10.1. The number of carbonyl (C=O) groups is 2. The van der Waals surface area contributed by atoms with Gasteiger partial charge in [0.1, 0.15) is 5.75 Å². The van der Waals surface area contributed by atoms with Crippen LogP contribution < -0.4 is 10.1 Å². The molecule has 0 aliphatic rings. The fraction of sp³-hybridized carbons (Fsp3) is 0.240. The van der Waals surface area contributed by atoms with Gasteiger partial charge in [-0.25, -0.2) is 0 Å². The van der Waals surface area contributed by atoms with E-state index in [-0.39, 0.29) is 24.5 Å². The molecule has 0 radical (unpaired) electrons. The summed E-state index contributed by atoms with van der Waals surface area (Å²) in [6.45, 7) is 2.45. The van der Waals surface area contributed by atoms with Gasteiger partial charge in [-0.05, 0) is 46.9 Å². The summed E-state index contributed by atoms with van der Waals surface area (Å²) in [4.78, 5) is 28.9. The first-order chi connectivity index (χ1) is 14.6. The molecule has 5 heteroatoms. The van der Waals surface area contributed by atoms with Crippen LogP contribution in [-0.2, 0) is 17.8 Å². The highest BCUT2D eigenvalue weighted by Gasteiger charge is 2.14. The number of hydrogen-bond acceptors (Lipinski definition) is 4. The lowest BCUT2D eigenvalue weighted by Crippen LogP contribution is -2.23. The summed E-state index contributed by atoms with van der Waals surface area (Å²) in [7, 11) is 1.64. The van der Waals surface area contributed by atoms with E-state index >= 15 is 0 Å². The predicted molar refractivity (Wildman–Crippen MR) is 117 cm³/mol. The van der Waals surface area contributed by atoms with E-state index in [0.29, 0.717) is 12.1 Å². The van der Waals surface area contributed by atoms with Crippen molar-refractivity contribution in [2.45, 2.75) is 32.7 Å². The van der Waals surface area contributed by atoms with Gasteiger partial charge in [0.05, 0.1) is 7.11 Å². The van der Waals surface area contributed by atoms with Crippen LogP contribution in [0, 0.1) is 0 Å². The molecule has 2 aromatic carbocycles. The Morgan fingerprint density at radius 2 is 1.77 bits per heavy atom. The number of benzene rings is 2. The van der Waals surface area contributed by atoms with Crippen LogP contribution in [0.5, 0.6) is 5.75 Å². The van der Waals surface area contributed by atoms with E-state index < -0.39 is 0 Å². The third-order valence-corrected chi connectivity index (χ3v) is 5.00. The highest BCUT2D eigenvalue weighted by Crippen LogP contribution is 2.26. The number of carbonyl (C=O) groups excluding carboxylic acids is 2. The number of rotatable bonds is 9. The highest BCUT2D eigenvalue weighted by atomic mass is 16.5. The summed E-state index contributed by atoms with van der Waals surface area (Å²) in [5.41, 5.74) is 4.73.